The number of hydrogen-bond donors (Lipinski definition) is 2. The summed E-state index contributed by atoms with van der Waals surface area (Å²) in [5, 5.41) is 13.2. The number of aromatic nitrogens is 3. The van der Waals surface area contributed by atoms with E-state index in [1.807, 2.05) is 0 Å². The van der Waals surface area contributed by atoms with Crippen LogP contribution < -0.4 is 10.9 Å². The summed E-state index contributed by atoms with van der Waals surface area (Å²) in [5.74, 6) is -0.0472. The number of nitrogens with zero attached hydrogens (tertiary/aromatic N) is 3. The highest BCUT2D eigenvalue weighted by molar-refractivity contribution is 6.30. The summed E-state index contributed by atoms with van der Waals surface area (Å²) in [6, 6.07) is 8.86. The predicted octanol–water partition coefficient (Wildman–Crippen LogP) is 4.03. The molecule has 0 aliphatic heterocycles. The van der Waals surface area contributed by atoms with Crippen LogP contribution in [0.4, 0.5) is 10.3 Å². The zero-order chi connectivity index (χ0) is 21.1. The number of hydrogen-bond acceptors (Lipinski definition) is 5. The largest absolute Gasteiger partial charge is 0.394 e. The number of pyridine rings is 1. The lowest BCUT2D eigenvalue weighted by Crippen LogP contribution is -2.27. The zero-order valence-electron chi connectivity index (χ0n) is 16.3. The van der Waals surface area contributed by atoms with E-state index in [9.17, 15) is 14.3 Å². The van der Waals surface area contributed by atoms with Gasteiger partial charge in [0.25, 0.3) is 5.56 Å². The third-order valence-electron chi connectivity index (χ3n) is 5.43. The molecular formula is C22H22ClFN4O2. The Bertz CT molecular complexity index is 1100. The van der Waals surface area contributed by atoms with Crippen LogP contribution >= 0.6 is 11.6 Å². The molecule has 2 heterocycles. The van der Waals surface area contributed by atoms with Crippen LogP contribution in [0, 0.1) is 5.82 Å². The smallest absolute Gasteiger partial charge is 0.251 e. The summed E-state index contributed by atoms with van der Waals surface area (Å²) < 4.78 is 15.2. The van der Waals surface area contributed by atoms with Crippen LogP contribution in [0.2, 0.25) is 5.02 Å². The minimum atomic E-state index is -0.719. The van der Waals surface area contributed by atoms with Gasteiger partial charge in [-0.15, -0.1) is 0 Å². The number of nitrogens with one attached hydrogen (secondary N) is 1. The number of anilines is 1. The van der Waals surface area contributed by atoms with Gasteiger partial charge in [-0.1, -0.05) is 30.5 Å². The van der Waals surface area contributed by atoms with E-state index in [0.29, 0.717) is 28.8 Å². The Balaban J connectivity index is 1.61. The second-order valence-corrected chi connectivity index (χ2v) is 7.83. The average Bonchev–Trinajstić information content (AvgIpc) is 3.25. The van der Waals surface area contributed by atoms with Gasteiger partial charge in [-0.25, -0.2) is 14.4 Å². The number of aliphatic hydroxyl groups excluding tert-OH is 1. The highest BCUT2D eigenvalue weighted by Crippen LogP contribution is 2.24. The first-order valence-corrected chi connectivity index (χ1v) is 10.3. The molecule has 156 valence electrons. The fourth-order valence-electron chi connectivity index (χ4n) is 3.82. The highest BCUT2D eigenvalue weighted by Gasteiger charge is 2.18. The third-order valence-corrected chi connectivity index (χ3v) is 5.73. The summed E-state index contributed by atoms with van der Waals surface area (Å²) in [6.07, 6.45) is 7.88. The maximum Gasteiger partial charge on any atom is 0.251 e. The Hall–Kier alpha value is -2.77. The van der Waals surface area contributed by atoms with Crippen LogP contribution in [0.15, 0.2) is 53.6 Å². The van der Waals surface area contributed by atoms with E-state index in [2.05, 4.69) is 15.3 Å². The Morgan fingerprint density at radius 1 is 1.23 bits per heavy atom. The molecule has 4 rings (SSSR count). The van der Waals surface area contributed by atoms with Gasteiger partial charge in [-0.2, -0.15) is 0 Å². The molecule has 2 aromatic heterocycles. The first kappa shape index (κ1) is 20.5. The van der Waals surface area contributed by atoms with Crippen molar-refractivity contribution in [2.45, 2.75) is 37.8 Å². The van der Waals surface area contributed by atoms with E-state index in [1.54, 1.807) is 30.6 Å². The van der Waals surface area contributed by atoms with Crippen molar-refractivity contribution >= 4 is 17.5 Å². The number of benzene rings is 1. The fourth-order valence-corrected chi connectivity index (χ4v) is 3.94. The molecule has 1 aliphatic rings. The van der Waals surface area contributed by atoms with Crippen LogP contribution in [-0.4, -0.2) is 32.3 Å². The monoisotopic (exact) mass is 428 g/mol. The standard InChI is InChI=1S/C22H22ClFN4O2/c23-17-6-5-15(11-18(17)24)20(13-29)28-10-8-14(12-21(28)30)19-7-9-25-22(27-19)26-16-3-1-2-4-16/h5-12,16,20,29H,1-4,13H2,(H,25,26,27)/t20-/m1/s1. The molecule has 0 spiro atoms. The number of halogens is 2. The lowest BCUT2D eigenvalue weighted by Gasteiger charge is -2.19. The quantitative estimate of drug-likeness (QED) is 0.619. The minimum Gasteiger partial charge on any atom is -0.394 e. The van der Waals surface area contributed by atoms with Crippen molar-refractivity contribution in [1.82, 2.24) is 14.5 Å². The zero-order valence-corrected chi connectivity index (χ0v) is 17.0. The lowest BCUT2D eigenvalue weighted by molar-refractivity contribution is 0.247. The topological polar surface area (TPSA) is 80.0 Å². The molecule has 1 aliphatic carbocycles. The lowest BCUT2D eigenvalue weighted by atomic mass is 10.1. The first-order valence-electron chi connectivity index (χ1n) is 9.93. The van der Waals surface area contributed by atoms with Gasteiger partial charge >= 0.3 is 0 Å². The van der Waals surface area contributed by atoms with Crippen molar-refractivity contribution in [2.75, 3.05) is 11.9 Å². The molecule has 0 saturated heterocycles. The van der Waals surface area contributed by atoms with Gasteiger partial charge in [0, 0.05) is 30.1 Å². The van der Waals surface area contributed by atoms with E-state index in [-0.39, 0.29) is 17.2 Å². The fraction of sp³-hybridized carbons (Fsp3) is 0.318. The molecule has 1 saturated carbocycles. The van der Waals surface area contributed by atoms with Gasteiger partial charge in [-0.05, 0) is 42.7 Å². The average molecular weight is 429 g/mol. The normalized spacial score (nSPS) is 15.3. The number of rotatable bonds is 6. The summed E-state index contributed by atoms with van der Waals surface area (Å²) in [4.78, 5) is 21.6. The molecule has 1 atom stereocenters. The van der Waals surface area contributed by atoms with Crippen molar-refractivity contribution < 1.29 is 9.50 Å². The maximum atomic E-state index is 13.8. The molecule has 1 aromatic carbocycles. The molecular weight excluding hydrogens is 407 g/mol. The van der Waals surface area contributed by atoms with Crippen molar-refractivity contribution in [3.63, 3.8) is 0 Å². The molecule has 1 fully saturated rings. The van der Waals surface area contributed by atoms with Crippen LogP contribution in [0.5, 0.6) is 0 Å². The van der Waals surface area contributed by atoms with Gasteiger partial charge < -0.3 is 15.0 Å². The van der Waals surface area contributed by atoms with E-state index in [1.165, 1.54) is 35.6 Å². The molecule has 6 nitrogen and oxygen atoms in total. The second kappa shape index (κ2) is 8.93. The van der Waals surface area contributed by atoms with E-state index in [4.69, 9.17) is 11.6 Å². The van der Waals surface area contributed by atoms with Crippen LogP contribution in [0.1, 0.15) is 37.3 Å². The van der Waals surface area contributed by atoms with E-state index < -0.39 is 11.9 Å². The Labute approximate surface area is 178 Å². The number of aliphatic hydroxyl groups is 1. The first-order chi connectivity index (χ1) is 14.5. The molecule has 0 radical (unpaired) electrons. The summed E-state index contributed by atoms with van der Waals surface area (Å²) >= 11 is 5.74. The molecule has 2 N–H and O–H groups in total. The highest BCUT2D eigenvalue weighted by atomic mass is 35.5. The Morgan fingerprint density at radius 3 is 2.73 bits per heavy atom. The third kappa shape index (κ3) is 4.37. The van der Waals surface area contributed by atoms with E-state index >= 15 is 0 Å². The molecule has 0 amide bonds. The Morgan fingerprint density at radius 2 is 2.03 bits per heavy atom. The molecule has 0 bridgehead atoms. The molecule has 0 unspecified atom stereocenters. The SMILES string of the molecule is O=c1cc(-c2ccnc(NC3CCCC3)n2)ccn1[C@H](CO)c1ccc(Cl)c(F)c1. The summed E-state index contributed by atoms with van der Waals surface area (Å²) in [5.41, 5.74) is 1.41. The second-order valence-electron chi connectivity index (χ2n) is 7.42. The Kier molecular flexibility index (Phi) is 6.11. The molecule has 30 heavy (non-hydrogen) atoms. The van der Waals surface area contributed by atoms with Crippen LogP contribution in [0.25, 0.3) is 11.3 Å². The van der Waals surface area contributed by atoms with Gasteiger partial charge in [0.05, 0.1) is 23.4 Å². The molecule has 8 heteroatoms. The van der Waals surface area contributed by atoms with Gasteiger partial charge in [0.15, 0.2) is 0 Å². The predicted molar refractivity (Wildman–Crippen MR) is 114 cm³/mol. The molecule has 3 aromatic rings. The minimum absolute atomic E-state index is 0.0103. The van der Waals surface area contributed by atoms with Crippen molar-refractivity contribution in [3.05, 3.63) is 75.5 Å². The van der Waals surface area contributed by atoms with E-state index in [0.717, 1.165) is 12.8 Å². The van der Waals surface area contributed by atoms with Crippen LogP contribution in [-0.2, 0) is 0 Å². The van der Waals surface area contributed by atoms with Crippen molar-refractivity contribution in [3.8, 4) is 11.3 Å². The summed E-state index contributed by atoms with van der Waals surface area (Å²) in [6.45, 7) is -0.358. The summed E-state index contributed by atoms with van der Waals surface area (Å²) in [7, 11) is 0. The van der Waals surface area contributed by atoms with Gasteiger partial charge in [0.1, 0.15) is 5.82 Å². The van der Waals surface area contributed by atoms with Gasteiger partial charge in [0.2, 0.25) is 5.95 Å². The van der Waals surface area contributed by atoms with Crippen molar-refractivity contribution in [2.24, 2.45) is 0 Å². The van der Waals surface area contributed by atoms with Crippen molar-refractivity contribution in [1.29, 1.82) is 0 Å². The van der Waals surface area contributed by atoms with Gasteiger partial charge in [-0.3, -0.25) is 4.79 Å². The van der Waals surface area contributed by atoms with Crippen LogP contribution in [0.3, 0.4) is 0 Å². The maximum absolute atomic E-state index is 13.8.